The average molecular weight is 465 g/mol. The van der Waals surface area contributed by atoms with Crippen LogP contribution in [0.5, 0.6) is 0 Å². The Morgan fingerprint density at radius 1 is 0.735 bits per heavy atom. The maximum atomic E-state index is 14.0. The molecule has 3 aliphatic carbocycles. The molecule has 2 aromatic rings. The molecule has 0 bridgehead atoms. The number of aliphatic hydroxyl groups is 4. The summed E-state index contributed by atoms with van der Waals surface area (Å²) >= 11 is 0. The number of hydrogen-bond acceptors (Lipinski definition) is 6. The first-order valence-electron chi connectivity index (χ1n) is 11.8. The van der Waals surface area contributed by atoms with E-state index in [2.05, 4.69) is 0 Å². The quantitative estimate of drug-likeness (QED) is 0.552. The number of aliphatic hydroxyl groups excluding tert-OH is 4. The molecular weight excluding hydrogens is 432 g/mol. The Hall–Kier alpha value is -2.38. The van der Waals surface area contributed by atoms with Crippen molar-refractivity contribution in [2.24, 2.45) is 10.8 Å². The molecule has 0 radical (unpaired) electrons. The Labute approximate surface area is 199 Å². The summed E-state index contributed by atoms with van der Waals surface area (Å²) in [7, 11) is 0. The first-order valence-corrected chi connectivity index (χ1v) is 11.8. The molecule has 5 rings (SSSR count). The number of aryl methyl sites for hydroxylation is 2. The van der Waals surface area contributed by atoms with Crippen molar-refractivity contribution >= 4 is 11.6 Å². The number of benzene rings is 2. The molecule has 0 saturated heterocycles. The number of carbonyl (C=O) groups excluding carboxylic acids is 2. The van der Waals surface area contributed by atoms with E-state index in [1.165, 1.54) is 0 Å². The van der Waals surface area contributed by atoms with Gasteiger partial charge in [0.15, 0.2) is 11.6 Å². The number of carbonyl (C=O) groups is 2. The van der Waals surface area contributed by atoms with E-state index in [1.807, 2.05) is 53.7 Å². The number of fused-ring (bicyclic) bond motifs is 8. The molecule has 0 unspecified atom stereocenters. The summed E-state index contributed by atoms with van der Waals surface area (Å²) in [6.45, 7) is 10.3. The Morgan fingerprint density at radius 3 is 1.35 bits per heavy atom. The molecule has 1 fully saturated rings. The van der Waals surface area contributed by atoms with E-state index in [1.54, 1.807) is 0 Å². The fourth-order valence-corrected chi connectivity index (χ4v) is 7.83. The zero-order valence-corrected chi connectivity index (χ0v) is 20.5. The van der Waals surface area contributed by atoms with Gasteiger partial charge in [0.1, 0.15) is 12.2 Å². The van der Waals surface area contributed by atoms with Crippen molar-refractivity contribution in [1.82, 2.24) is 0 Å². The monoisotopic (exact) mass is 464 g/mol. The number of ketones is 2. The van der Waals surface area contributed by atoms with Crippen LogP contribution in [0.3, 0.4) is 0 Å². The minimum absolute atomic E-state index is 0.0821. The summed E-state index contributed by atoms with van der Waals surface area (Å²) in [5.41, 5.74) is 5.29. The van der Waals surface area contributed by atoms with Crippen molar-refractivity contribution in [2.75, 3.05) is 13.2 Å². The van der Waals surface area contributed by atoms with Gasteiger partial charge < -0.3 is 20.4 Å². The van der Waals surface area contributed by atoms with Gasteiger partial charge in [0, 0.05) is 23.0 Å². The summed E-state index contributed by atoms with van der Waals surface area (Å²) in [4.78, 5) is 28.0. The van der Waals surface area contributed by atoms with Crippen LogP contribution in [0.25, 0.3) is 0 Å². The molecule has 0 aliphatic heterocycles. The van der Waals surface area contributed by atoms with E-state index in [4.69, 9.17) is 0 Å². The highest BCUT2D eigenvalue weighted by molar-refractivity contribution is 6.19. The van der Waals surface area contributed by atoms with Gasteiger partial charge in [-0.05, 0) is 72.2 Å². The maximum Gasteiger partial charge on any atom is 0.170 e. The van der Waals surface area contributed by atoms with E-state index in [0.29, 0.717) is 33.4 Å². The summed E-state index contributed by atoms with van der Waals surface area (Å²) in [6, 6.07) is 3.91. The summed E-state index contributed by atoms with van der Waals surface area (Å²) in [6.07, 6.45) is -2.13. The zero-order valence-electron chi connectivity index (χ0n) is 20.5. The highest BCUT2D eigenvalue weighted by Crippen LogP contribution is 2.80. The second kappa shape index (κ2) is 7.08. The molecule has 0 spiro atoms. The topological polar surface area (TPSA) is 115 Å². The van der Waals surface area contributed by atoms with Crippen LogP contribution in [-0.4, -0.2) is 45.2 Å². The lowest BCUT2D eigenvalue weighted by Gasteiger charge is -2.60. The molecule has 6 nitrogen and oxygen atoms in total. The van der Waals surface area contributed by atoms with E-state index < -0.39 is 36.3 Å². The largest absolute Gasteiger partial charge is 0.393 e. The number of Topliss-reactive ketones (excluding diaryl/α,β-unsaturated/α-hetero) is 2. The molecule has 4 N–H and O–H groups in total. The molecule has 0 aromatic heterocycles. The Morgan fingerprint density at radius 2 is 1.06 bits per heavy atom. The predicted octanol–water partition coefficient (Wildman–Crippen LogP) is 3.26. The van der Waals surface area contributed by atoms with Gasteiger partial charge in [0.2, 0.25) is 0 Å². The van der Waals surface area contributed by atoms with E-state index in [9.17, 15) is 30.0 Å². The van der Waals surface area contributed by atoms with Crippen molar-refractivity contribution in [3.8, 4) is 0 Å². The SMILES string of the molecule is Cc1cc2c(c(C)c1[C@@H](O)CO)C(=O)[C@]1(C)[C@H]2[C@@H]2c3cc(C)c([C@@H](O)CO)c(C)c3C(=O)[C@@]21C. The van der Waals surface area contributed by atoms with Gasteiger partial charge in [0.05, 0.1) is 24.0 Å². The summed E-state index contributed by atoms with van der Waals surface area (Å²) in [5, 5.41) is 39.9. The first-order chi connectivity index (χ1) is 15.9. The normalized spacial score (nSPS) is 30.4. The molecular formula is C28H32O6. The lowest BCUT2D eigenvalue weighted by Crippen LogP contribution is -2.61. The van der Waals surface area contributed by atoms with Crippen molar-refractivity contribution in [2.45, 2.75) is 65.6 Å². The zero-order chi connectivity index (χ0) is 25.1. The third-order valence-corrected chi connectivity index (χ3v) is 9.47. The van der Waals surface area contributed by atoms with Gasteiger partial charge in [-0.15, -0.1) is 0 Å². The fraction of sp³-hybridized carbons (Fsp3) is 0.500. The van der Waals surface area contributed by atoms with Gasteiger partial charge in [0.25, 0.3) is 0 Å². The Bertz CT molecular complexity index is 1190. The molecule has 34 heavy (non-hydrogen) atoms. The van der Waals surface area contributed by atoms with Crippen molar-refractivity contribution in [1.29, 1.82) is 0 Å². The minimum atomic E-state index is -1.07. The second-order valence-corrected chi connectivity index (χ2v) is 10.8. The van der Waals surface area contributed by atoms with E-state index in [-0.39, 0.29) is 23.4 Å². The summed E-state index contributed by atoms with van der Waals surface area (Å²) < 4.78 is 0. The van der Waals surface area contributed by atoms with Crippen molar-refractivity contribution < 1.29 is 30.0 Å². The molecule has 6 atom stereocenters. The van der Waals surface area contributed by atoms with Gasteiger partial charge >= 0.3 is 0 Å². The van der Waals surface area contributed by atoms with Gasteiger partial charge in [-0.2, -0.15) is 0 Å². The highest BCUT2D eigenvalue weighted by Gasteiger charge is 2.79. The number of rotatable bonds is 4. The van der Waals surface area contributed by atoms with Crippen LogP contribution in [0.4, 0.5) is 0 Å². The van der Waals surface area contributed by atoms with Crippen LogP contribution in [0.15, 0.2) is 12.1 Å². The molecule has 0 amide bonds. The van der Waals surface area contributed by atoms with Crippen LogP contribution in [0.2, 0.25) is 0 Å². The molecule has 2 aromatic carbocycles. The smallest absolute Gasteiger partial charge is 0.170 e. The van der Waals surface area contributed by atoms with Crippen molar-refractivity contribution in [3.63, 3.8) is 0 Å². The predicted molar refractivity (Wildman–Crippen MR) is 126 cm³/mol. The van der Waals surface area contributed by atoms with Crippen LogP contribution < -0.4 is 0 Å². The highest BCUT2D eigenvalue weighted by atomic mass is 16.3. The Balaban J connectivity index is 1.76. The lowest BCUT2D eigenvalue weighted by molar-refractivity contribution is -0.0397. The Kier molecular flexibility index (Phi) is 4.86. The van der Waals surface area contributed by atoms with Crippen LogP contribution in [-0.2, 0) is 0 Å². The van der Waals surface area contributed by atoms with Gasteiger partial charge in [-0.1, -0.05) is 26.0 Å². The molecule has 1 saturated carbocycles. The van der Waals surface area contributed by atoms with Gasteiger partial charge in [-0.25, -0.2) is 0 Å². The first kappa shape index (κ1) is 23.4. The summed E-state index contributed by atoms with van der Waals surface area (Å²) in [5.74, 6) is -0.506. The third kappa shape index (κ3) is 2.30. The van der Waals surface area contributed by atoms with E-state index in [0.717, 1.165) is 22.3 Å². The molecule has 180 valence electrons. The number of hydrogen-bond donors (Lipinski definition) is 4. The third-order valence-electron chi connectivity index (χ3n) is 9.47. The van der Waals surface area contributed by atoms with Crippen LogP contribution in [0.1, 0.15) is 103 Å². The van der Waals surface area contributed by atoms with E-state index >= 15 is 0 Å². The standard InChI is InChI=1S/C28H32O6/c1-11-7-15-21(13(3)19(11)17(31)9-29)25(33)27(5)23(15)24-16-8-12(2)20(18(32)10-30)14(4)22(16)26(34)28(24,27)6/h7-8,17-18,23-24,29-32H,9-10H2,1-6H3/t17-,18-,23-,24+,27+,28-/m0/s1. The average Bonchev–Trinajstić information content (AvgIpc) is 3.09. The fourth-order valence-electron chi connectivity index (χ4n) is 7.83. The van der Waals surface area contributed by atoms with Crippen LogP contribution in [0, 0.1) is 38.5 Å². The molecule has 6 heteroatoms. The minimum Gasteiger partial charge on any atom is -0.393 e. The lowest BCUT2D eigenvalue weighted by atomic mass is 9.39. The van der Waals surface area contributed by atoms with Crippen LogP contribution >= 0.6 is 0 Å². The maximum absolute atomic E-state index is 14.0. The molecule has 3 aliphatic rings. The van der Waals surface area contributed by atoms with Gasteiger partial charge in [-0.3, -0.25) is 9.59 Å². The van der Waals surface area contributed by atoms with Crippen molar-refractivity contribution in [3.05, 3.63) is 67.8 Å². The molecule has 0 heterocycles. The second-order valence-electron chi connectivity index (χ2n) is 10.8.